The van der Waals surface area contributed by atoms with E-state index in [-0.39, 0.29) is 35.3 Å². The van der Waals surface area contributed by atoms with Crippen LogP contribution in [0, 0.1) is 17.0 Å². The van der Waals surface area contributed by atoms with Crippen LogP contribution in [-0.4, -0.2) is 42.9 Å². The van der Waals surface area contributed by atoms with Crippen LogP contribution in [0.2, 0.25) is 0 Å². The molecule has 0 bridgehead atoms. The second-order valence-electron chi connectivity index (χ2n) is 7.87. The van der Waals surface area contributed by atoms with Crippen molar-refractivity contribution in [2.75, 3.05) is 0 Å². The molecule has 1 unspecified atom stereocenters. The molecule has 1 atom stereocenters. The number of amides is 3. The molecule has 2 heterocycles. The third-order valence-corrected chi connectivity index (χ3v) is 4.56. The van der Waals surface area contributed by atoms with Crippen LogP contribution < -0.4 is 5.56 Å². The van der Waals surface area contributed by atoms with Gasteiger partial charge in [0.15, 0.2) is 5.52 Å². The predicted molar refractivity (Wildman–Crippen MR) is 104 cm³/mol. The number of imide groups is 3. The number of nitro benzene ring substituents is 1. The van der Waals surface area contributed by atoms with Gasteiger partial charge < -0.3 is 4.74 Å². The lowest BCUT2D eigenvalue weighted by Gasteiger charge is -2.32. The summed E-state index contributed by atoms with van der Waals surface area (Å²) in [4.78, 5) is 65.9. The van der Waals surface area contributed by atoms with Crippen molar-refractivity contribution in [3.05, 3.63) is 44.5 Å². The Labute approximate surface area is 170 Å². The quantitative estimate of drug-likeness (QED) is 0.412. The van der Waals surface area contributed by atoms with Crippen LogP contribution >= 0.6 is 0 Å². The number of fused-ring (bicyclic) bond motifs is 1. The molecule has 1 aliphatic rings. The van der Waals surface area contributed by atoms with Gasteiger partial charge in [-0.05, 0) is 40.2 Å². The van der Waals surface area contributed by atoms with E-state index < -0.39 is 40.0 Å². The van der Waals surface area contributed by atoms with Gasteiger partial charge in [-0.2, -0.15) is 4.90 Å². The number of carbonyl (C=O) groups is 3. The molecule has 30 heavy (non-hydrogen) atoms. The van der Waals surface area contributed by atoms with Crippen molar-refractivity contribution in [3.63, 3.8) is 0 Å². The summed E-state index contributed by atoms with van der Waals surface area (Å²) in [6.07, 6.45) is -1.29. The Balaban J connectivity index is 2.10. The first kappa shape index (κ1) is 21.1. The molecule has 0 saturated carbocycles. The van der Waals surface area contributed by atoms with Gasteiger partial charge in [0.1, 0.15) is 17.5 Å². The van der Waals surface area contributed by atoms with E-state index in [2.05, 4.69) is 4.98 Å². The van der Waals surface area contributed by atoms with E-state index in [1.54, 1.807) is 20.8 Å². The highest BCUT2D eigenvalue weighted by Crippen LogP contribution is 2.28. The summed E-state index contributed by atoms with van der Waals surface area (Å²) in [5, 5.41) is 11.2. The number of nitro groups is 1. The highest BCUT2D eigenvalue weighted by molar-refractivity contribution is 6.11. The zero-order chi connectivity index (χ0) is 22.4. The highest BCUT2D eigenvalue weighted by atomic mass is 16.6. The van der Waals surface area contributed by atoms with Crippen molar-refractivity contribution in [1.82, 2.24) is 14.5 Å². The zero-order valence-corrected chi connectivity index (χ0v) is 16.9. The first-order chi connectivity index (χ1) is 13.9. The fourth-order valence-electron chi connectivity index (χ4n) is 3.33. The third kappa shape index (κ3) is 3.65. The number of ether oxygens (including phenoxy) is 1. The minimum atomic E-state index is -1.17. The van der Waals surface area contributed by atoms with Crippen LogP contribution in [0.4, 0.5) is 10.5 Å². The molecule has 0 spiro atoms. The van der Waals surface area contributed by atoms with E-state index in [9.17, 15) is 29.3 Å². The van der Waals surface area contributed by atoms with Crippen LogP contribution in [0.3, 0.4) is 0 Å². The molecule has 158 valence electrons. The SMILES string of the molecule is Cc1nc2c([N+](=O)[O-])cccc2c(=O)n1C1CCC(=O)N(C(=O)OC(C)(C)C)C1=O. The number of carbonyl (C=O) groups excluding carboxylic acids is 3. The average molecular weight is 416 g/mol. The van der Waals surface area contributed by atoms with Crippen LogP contribution in [0.25, 0.3) is 10.9 Å². The van der Waals surface area contributed by atoms with E-state index in [1.165, 1.54) is 25.1 Å². The first-order valence-electron chi connectivity index (χ1n) is 9.18. The van der Waals surface area contributed by atoms with Gasteiger partial charge in [-0.15, -0.1) is 0 Å². The predicted octanol–water partition coefficient (Wildman–Crippen LogP) is 2.24. The Morgan fingerprint density at radius 3 is 2.53 bits per heavy atom. The van der Waals surface area contributed by atoms with E-state index in [0.717, 1.165) is 4.57 Å². The highest BCUT2D eigenvalue weighted by Gasteiger charge is 2.42. The summed E-state index contributed by atoms with van der Waals surface area (Å²) in [6.45, 7) is 6.21. The number of rotatable bonds is 2. The number of aryl methyl sites for hydroxylation is 1. The molecular weight excluding hydrogens is 396 g/mol. The summed E-state index contributed by atoms with van der Waals surface area (Å²) in [5.41, 5.74) is -2.02. The number of non-ortho nitro benzene ring substituents is 1. The average Bonchev–Trinajstić information content (AvgIpc) is 2.61. The first-order valence-corrected chi connectivity index (χ1v) is 9.18. The lowest BCUT2D eigenvalue weighted by molar-refractivity contribution is -0.383. The van der Waals surface area contributed by atoms with Crippen molar-refractivity contribution in [3.8, 4) is 0 Å². The minimum Gasteiger partial charge on any atom is -0.443 e. The molecule has 0 aliphatic carbocycles. The summed E-state index contributed by atoms with van der Waals surface area (Å²) < 4.78 is 6.21. The number of hydrogen-bond acceptors (Lipinski definition) is 8. The monoisotopic (exact) mass is 416 g/mol. The summed E-state index contributed by atoms with van der Waals surface area (Å²) in [7, 11) is 0. The molecule has 0 radical (unpaired) electrons. The number of benzene rings is 1. The Kier molecular flexibility index (Phi) is 5.15. The van der Waals surface area contributed by atoms with Gasteiger partial charge in [0.25, 0.3) is 17.2 Å². The van der Waals surface area contributed by atoms with Gasteiger partial charge in [0.05, 0.1) is 10.3 Å². The van der Waals surface area contributed by atoms with E-state index in [0.29, 0.717) is 4.90 Å². The number of likely N-dealkylation sites (tertiary alicyclic amines) is 1. The van der Waals surface area contributed by atoms with Gasteiger partial charge >= 0.3 is 6.09 Å². The minimum absolute atomic E-state index is 0.0141. The van der Waals surface area contributed by atoms with Gasteiger partial charge in [-0.1, -0.05) is 6.07 Å². The van der Waals surface area contributed by atoms with Gasteiger partial charge in [0, 0.05) is 12.5 Å². The molecular formula is C19H20N4O7. The van der Waals surface area contributed by atoms with Crippen LogP contribution in [0.15, 0.2) is 23.0 Å². The molecule has 1 fully saturated rings. The lowest BCUT2D eigenvalue weighted by atomic mass is 10.0. The molecule has 1 saturated heterocycles. The summed E-state index contributed by atoms with van der Waals surface area (Å²) in [6, 6.07) is 2.78. The smallest absolute Gasteiger partial charge is 0.424 e. The Morgan fingerprint density at radius 1 is 1.27 bits per heavy atom. The van der Waals surface area contributed by atoms with E-state index >= 15 is 0 Å². The van der Waals surface area contributed by atoms with Crippen molar-refractivity contribution in [2.24, 2.45) is 0 Å². The molecule has 11 nitrogen and oxygen atoms in total. The van der Waals surface area contributed by atoms with Crippen molar-refractivity contribution in [2.45, 2.75) is 52.2 Å². The topological polar surface area (TPSA) is 142 Å². The van der Waals surface area contributed by atoms with Crippen LogP contribution in [0.1, 0.15) is 45.5 Å². The lowest BCUT2D eigenvalue weighted by Crippen LogP contribution is -2.52. The summed E-state index contributed by atoms with van der Waals surface area (Å²) >= 11 is 0. The maximum absolute atomic E-state index is 13.1. The molecule has 3 amide bonds. The number of nitrogens with zero attached hydrogens (tertiary/aromatic N) is 4. The second kappa shape index (κ2) is 7.32. The van der Waals surface area contributed by atoms with Gasteiger partial charge in [-0.3, -0.25) is 29.1 Å². The largest absolute Gasteiger partial charge is 0.443 e. The van der Waals surface area contributed by atoms with Gasteiger partial charge in [-0.25, -0.2) is 9.78 Å². The van der Waals surface area contributed by atoms with Gasteiger partial charge in [0.2, 0.25) is 5.91 Å². The van der Waals surface area contributed by atoms with E-state index in [4.69, 9.17) is 4.74 Å². The maximum atomic E-state index is 13.1. The third-order valence-electron chi connectivity index (χ3n) is 4.56. The second-order valence-corrected chi connectivity index (χ2v) is 7.87. The molecule has 1 aromatic carbocycles. The number of aromatic nitrogens is 2. The number of para-hydroxylation sites is 1. The molecule has 11 heteroatoms. The molecule has 3 rings (SSSR count). The summed E-state index contributed by atoms with van der Waals surface area (Å²) in [5.74, 6) is -1.57. The van der Waals surface area contributed by atoms with Crippen LogP contribution in [0.5, 0.6) is 0 Å². The van der Waals surface area contributed by atoms with Crippen molar-refractivity contribution < 1.29 is 24.0 Å². The van der Waals surface area contributed by atoms with Crippen molar-refractivity contribution in [1.29, 1.82) is 0 Å². The maximum Gasteiger partial charge on any atom is 0.424 e. The number of piperidine rings is 1. The fraction of sp³-hybridized carbons (Fsp3) is 0.421. The Hall–Kier alpha value is -3.63. The zero-order valence-electron chi connectivity index (χ0n) is 16.9. The fourth-order valence-corrected chi connectivity index (χ4v) is 3.33. The number of hydrogen-bond donors (Lipinski definition) is 0. The molecule has 2 aromatic rings. The standard InChI is InChI=1S/C19H20N4O7/c1-10-20-15-11(6-5-7-12(15)23(28)29)16(25)21(10)13-8-9-14(24)22(17(13)26)18(27)30-19(2,3)4/h5-7,13H,8-9H2,1-4H3. The van der Waals surface area contributed by atoms with Crippen LogP contribution in [-0.2, 0) is 14.3 Å². The Morgan fingerprint density at radius 2 is 1.93 bits per heavy atom. The van der Waals surface area contributed by atoms with E-state index in [1.807, 2.05) is 0 Å². The van der Waals surface area contributed by atoms with Crippen molar-refractivity contribution >= 4 is 34.5 Å². The Bertz CT molecular complexity index is 1150. The normalized spacial score (nSPS) is 17.3. The molecule has 1 aliphatic heterocycles. The molecule has 0 N–H and O–H groups in total. The molecule has 1 aromatic heterocycles.